The van der Waals surface area contributed by atoms with Crippen LogP contribution in [-0.4, -0.2) is 82.8 Å². The van der Waals surface area contributed by atoms with Crippen LogP contribution in [-0.2, 0) is 22.7 Å². The van der Waals surface area contributed by atoms with Gasteiger partial charge in [0.2, 0.25) is 0 Å². The maximum atomic E-state index is 11.2. The lowest BCUT2D eigenvalue weighted by atomic mass is 10.2. The van der Waals surface area contributed by atoms with Crippen LogP contribution in [0.15, 0.2) is 95.5 Å². The number of aliphatic hydroxyl groups excluding tert-OH is 2. The molecule has 2 aromatic heterocycles. The number of fused-ring (bicyclic) bond motifs is 6. The molecule has 4 N–H and O–H groups in total. The number of carboxylic acids is 2. The van der Waals surface area contributed by atoms with E-state index < -0.39 is 24.1 Å². The quantitative estimate of drug-likeness (QED) is 0.156. The number of hydrogen-bond donors (Lipinski definition) is 4. The predicted molar refractivity (Wildman–Crippen MR) is 180 cm³/mol. The zero-order valence-electron chi connectivity index (χ0n) is 25.8. The number of carbonyl (C=O) groups excluding carboxylic acids is 2. The lowest BCUT2D eigenvalue weighted by molar-refractivity contribution is -1.01. The van der Waals surface area contributed by atoms with Crippen LogP contribution in [0.5, 0.6) is 0 Å². The topological polar surface area (TPSA) is 139 Å². The molecule has 1 fully saturated rings. The number of aromatic nitrogens is 2. The van der Waals surface area contributed by atoms with Gasteiger partial charge in [-0.15, -0.1) is 0 Å². The van der Waals surface area contributed by atoms with Gasteiger partial charge in [-0.05, 0) is 36.4 Å². The Morgan fingerprint density at radius 2 is 0.979 bits per heavy atom. The molecule has 47 heavy (non-hydrogen) atoms. The first kappa shape index (κ1) is 32.7. The van der Waals surface area contributed by atoms with Gasteiger partial charge in [0.15, 0.2) is 0 Å². The van der Waals surface area contributed by atoms with E-state index >= 15 is 0 Å². The van der Waals surface area contributed by atoms with E-state index in [0.29, 0.717) is 13.1 Å². The summed E-state index contributed by atoms with van der Waals surface area (Å²) in [6.07, 6.45) is -0.832. The van der Waals surface area contributed by atoms with Crippen molar-refractivity contribution in [2.24, 2.45) is 0 Å². The molecule has 3 heterocycles. The molecular formula is C36H37BrN4O6. The zero-order valence-corrected chi connectivity index (χ0v) is 27.4. The van der Waals surface area contributed by atoms with Crippen LogP contribution in [0.1, 0.15) is 0 Å². The summed E-state index contributed by atoms with van der Waals surface area (Å²) in [5, 5.41) is 45.1. The summed E-state index contributed by atoms with van der Waals surface area (Å²) in [5.41, 5.74) is 4.69. The fraction of sp³-hybridized carbons (Fsp3) is 0.278. The van der Waals surface area contributed by atoms with Crippen molar-refractivity contribution >= 4 is 71.5 Å². The maximum Gasteiger partial charge on any atom is 0.127 e. The van der Waals surface area contributed by atoms with Crippen LogP contribution >= 0.6 is 15.9 Å². The summed E-state index contributed by atoms with van der Waals surface area (Å²) in [6.45, 7) is 6.70. The van der Waals surface area contributed by atoms with Crippen LogP contribution in [0.4, 0.5) is 0 Å². The summed E-state index contributed by atoms with van der Waals surface area (Å²) < 4.78 is 5.62. The average Bonchev–Trinajstić information content (AvgIpc) is 3.54. The number of rotatable bonds is 8. The second-order valence-electron chi connectivity index (χ2n) is 12.2. The molecule has 0 bridgehead atoms. The summed E-state index contributed by atoms with van der Waals surface area (Å²) in [5.74, 6) is -4.37. The number of piperazine rings is 1. The van der Waals surface area contributed by atoms with E-state index in [1.54, 1.807) is 0 Å². The number of aliphatic carboxylic acids is 2. The summed E-state index contributed by atoms with van der Waals surface area (Å²) in [6, 6.07) is 31.8. The van der Waals surface area contributed by atoms with Gasteiger partial charge in [-0.1, -0.05) is 70.5 Å². The molecule has 0 amide bonds. The second kappa shape index (κ2) is 14.2. The SMILES string of the molecule is O=C([O-])C(=O)[O-].OC(Cn1c2ccccc2c2ccccc21)C[NH+]1CC[NH+](CC(O)Cn2c3ccccc3c3cc(Br)ccc32)CC1. The first-order valence-electron chi connectivity index (χ1n) is 15.8. The Labute approximate surface area is 279 Å². The molecule has 11 heteroatoms. The predicted octanol–water partition coefficient (Wildman–Crippen LogP) is -0.643. The number of carboxylic acid groups (broad SMARTS) is 2. The van der Waals surface area contributed by atoms with E-state index in [4.69, 9.17) is 19.8 Å². The molecule has 0 radical (unpaired) electrons. The molecule has 1 aliphatic heterocycles. The van der Waals surface area contributed by atoms with Gasteiger partial charge in [-0.25, -0.2) is 0 Å². The van der Waals surface area contributed by atoms with Crippen molar-refractivity contribution in [3.05, 3.63) is 95.5 Å². The summed E-state index contributed by atoms with van der Waals surface area (Å²) in [7, 11) is 0. The first-order chi connectivity index (χ1) is 22.7. The number of benzene rings is 4. The van der Waals surface area contributed by atoms with Crippen molar-refractivity contribution in [1.82, 2.24) is 9.13 Å². The Balaban J connectivity index is 0.000000591. The van der Waals surface area contributed by atoms with Crippen molar-refractivity contribution < 1.29 is 39.8 Å². The smallest absolute Gasteiger partial charge is 0.127 e. The Kier molecular flexibility index (Phi) is 9.90. The van der Waals surface area contributed by atoms with E-state index in [2.05, 4.69) is 116 Å². The number of nitrogens with zero attached hydrogens (tertiary/aromatic N) is 2. The monoisotopic (exact) mass is 700 g/mol. The van der Waals surface area contributed by atoms with Gasteiger partial charge in [0.05, 0.1) is 25.0 Å². The van der Waals surface area contributed by atoms with E-state index in [1.165, 1.54) is 47.9 Å². The van der Waals surface area contributed by atoms with Crippen molar-refractivity contribution in [2.45, 2.75) is 25.3 Å². The fourth-order valence-corrected chi connectivity index (χ4v) is 7.37. The third-order valence-electron chi connectivity index (χ3n) is 9.08. The highest BCUT2D eigenvalue weighted by Gasteiger charge is 2.27. The maximum absolute atomic E-state index is 11.2. The lowest BCUT2D eigenvalue weighted by Crippen LogP contribution is -3.28. The van der Waals surface area contributed by atoms with E-state index in [0.717, 1.165) is 49.3 Å². The summed E-state index contributed by atoms with van der Waals surface area (Å²) >= 11 is 3.62. The van der Waals surface area contributed by atoms with Crippen LogP contribution in [0, 0.1) is 0 Å². The van der Waals surface area contributed by atoms with Crippen molar-refractivity contribution in [3.8, 4) is 0 Å². The Bertz CT molecular complexity index is 1980. The molecule has 244 valence electrons. The molecule has 7 rings (SSSR count). The van der Waals surface area contributed by atoms with Gasteiger partial charge >= 0.3 is 0 Å². The molecule has 2 atom stereocenters. The molecule has 1 aliphatic rings. The second-order valence-corrected chi connectivity index (χ2v) is 13.1. The third kappa shape index (κ3) is 7.19. The van der Waals surface area contributed by atoms with E-state index in [1.807, 2.05) is 0 Å². The lowest BCUT2D eigenvalue weighted by Gasteiger charge is -2.32. The molecule has 2 unspecified atom stereocenters. The molecular weight excluding hydrogens is 664 g/mol. The number of halogens is 1. The minimum Gasteiger partial charge on any atom is -0.543 e. The number of aliphatic hydroxyl groups is 2. The van der Waals surface area contributed by atoms with Gasteiger partial charge in [0.1, 0.15) is 51.5 Å². The minimum absolute atomic E-state index is 0.410. The molecule has 0 saturated carbocycles. The number of quaternary nitrogens is 2. The van der Waals surface area contributed by atoms with Crippen LogP contribution < -0.4 is 20.0 Å². The Morgan fingerprint density at radius 1 is 0.617 bits per heavy atom. The number of para-hydroxylation sites is 3. The van der Waals surface area contributed by atoms with Crippen LogP contribution in [0.25, 0.3) is 43.6 Å². The van der Waals surface area contributed by atoms with Gasteiger partial charge in [0.25, 0.3) is 0 Å². The third-order valence-corrected chi connectivity index (χ3v) is 9.57. The van der Waals surface area contributed by atoms with Gasteiger partial charge < -0.3 is 48.9 Å². The molecule has 0 aliphatic carbocycles. The number of nitrogens with one attached hydrogen (secondary N) is 2. The largest absolute Gasteiger partial charge is 0.543 e. The number of carbonyl (C=O) groups is 2. The molecule has 1 saturated heterocycles. The van der Waals surface area contributed by atoms with Crippen molar-refractivity contribution in [3.63, 3.8) is 0 Å². The zero-order chi connectivity index (χ0) is 33.1. The Morgan fingerprint density at radius 3 is 1.38 bits per heavy atom. The van der Waals surface area contributed by atoms with Gasteiger partial charge in [-0.3, -0.25) is 0 Å². The molecule has 6 aromatic rings. The van der Waals surface area contributed by atoms with Crippen LogP contribution in [0.2, 0.25) is 0 Å². The molecule has 4 aromatic carbocycles. The highest BCUT2D eigenvalue weighted by molar-refractivity contribution is 9.10. The highest BCUT2D eigenvalue weighted by Crippen LogP contribution is 2.31. The van der Waals surface area contributed by atoms with E-state index in [9.17, 15) is 10.2 Å². The van der Waals surface area contributed by atoms with Crippen molar-refractivity contribution in [2.75, 3.05) is 39.3 Å². The summed E-state index contributed by atoms with van der Waals surface area (Å²) in [4.78, 5) is 20.7. The van der Waals surface area contributed by atoms with Crippen molar-refractivity contribution in [1.29, 1.82) is 0 Å². The Hall–Kier alpha value is -4.26. The van der Waals surface area contributed by atoms with Gasteiger partial charge in [0, 0.05) is 48.1 Å². The normalized spacial score (nSPS) is 17.9. The van der Waals surface area contributed by atoms with Crippen LogP contribution in [0.3, 0.4) is 0 Å². The van der Waals surface area contributed by atoms with Gasteiger partial charge in [-0.2, -0.15) is 0 Å². The first-order valence-corrected chi connectivity index (χ1v) is 16.6. The number of hydrogen-bond acceptors (Lipinski definition) is 6. The molecule has 0 spiro atoms. The highest BCUT2D eigenvalue weighted by atomic mass is 79.9. The standard InChI is InChI=1S/C34H35BrN4O2.C2H2O4/c35-24-13-14-34-30(19-24)29-9-3-6-12-33(29)39(34)23-26(41)21-37-17-15-36(16-18-37)20-25(40)22-38-31-10-4-1-7-27(31)28-8-2-5-11-32(28)38;3-1(4)2(5)6/h1-14,19,25-26,40-41H,15-18,20-23H2;(H,3,4)(H,5,6). The average molecular weight is 702 g/mol. The van der Waals surface area contributed by atoms with E-state index in [-0.39, 0.29) is 0 Å². The molecule has 10 nitrogen and oxygen atoms in total. The fourth-order valence-electron chi connectivity index (χ4n) is 7.00. The minimum atomic E-state index is -2.19.